The Morgan fingerprint density at radius 3 is 1.45 bits per heavy atom. The van der Waals surface area contributed by atoms with Gasteiger partial charge in [-0.3, -0.25) is 9.97 Å². The van der Waals surface area contributed by atoms with Gasteiger partial charge in [0.1, 0.15) is 46.2 Å². The first-order chi connectivity index (χ1) is 20.3. The maximum absolute atomic E-state index is 10.4. The summed E-state index contributed by atoms with van der Waals surface area (Å²) < 4.78 is 13.4. The Bertz CT molecular complexity index is 2150. The lowest BCUT2D eigenvalue weighted by molar-refractivity contribution is 0.415. The van der Waals surface area contributed by atoms with Crippen LogP contribution in [0.1, 0.15) is 22.8 Å². The van der Waals surface area contributed by atoms with Gasteiger partial charge in [0, 0.05) is 34.3 Å². The second-order valence-electron chi connectivity index (χ2n) is 9.55. The number of nitriles is 2. The minimum Gasteiger partial charge on any atom is -0.497 e. The van der Waals surface area contributed by atoms with E-state index < -0.39 is 0 Å². The Morgan fingerprint density at radius 2 is 1.10 bits per heavy atom. The van der Waals surface area contributed by atoms with E-state index in [4.69, 9.17) is 25.4 Å². The van der Waals surface area contributed by atoms with Gasteiger partial charge in [0.25, 0.3) is 0 Å². The molecule has 0 N–H and O–H groups in total. The Balaban J connectivity index is 1.68. The second kappa shape index (κ2) is 10.1. The molecule has 2 aromatic carbocycles. The topological polar surface area (TPSA) is 127 Å². The average molecular weight is 546 g/mol. The summed E-state index contributed by atoms with van der Waals surface area (Å²) in [4.78, 5) is 18.4. The van der Waals surface area contributed by atoms with Crippen molar-refractivity contribution in [3.05, 3.63) is 82.3 Å². The first kappa shape index (κ1) is 26.6. The molecule has 0 aliphatic rings. The number of hydrogen-bond acceptors (Lipinski definition) is 8. The first-order valence-electron chi connectivity index (χ1n) is 12.7. The van der Waals surface area contributed by atoms with E-state index in [1.54, 1.807) is 64.5 Å². The summed E-state index contributed by atoms with van der Waals surface area (Å²) in [5.41, 5.74) is 4.71. The fourth-order valence-corrected chi connectivity index (χ4v) is 5.19. The number of hydrogen-bond donors (Lipinski definition) is 0. The number of benzene rings is 2. The summed E-state index contributed by atoms with van der Waals surface area (Å²) in [6, 6.07) is 15.2. The molecule has 0 saturated heterocycles. The zero-order chi connectivity index (χ0) is 29.7. The van der Waals surface area contributed by atoms with E-state index in [1.165, 1.54) is 21.3 Å². The van der Waals surface area contributed by atoms with Crippen molar-refractivity contribution in [1.82, 2.24) is 28.9 Å². The van der Waals surface area contributed by atoms with E-state index in [0.29, 0.717) is 77.8 Å². The van der Waals surface area contributed by atoms with Gasteiger partial charge in [-0.25, -0.2) is 9.97 Å². The van der Waals surface area contributed by atoms with Crippen molar-refractivity contribution >= 4 is 59.9 Å². The minimum atomic E-state index is 0.207. The van der Waals surface area contributed by atoms with Gasteiger partial charge < -0.3 is 18.4 Å². The predicted molar refractivity (Wildman–Crippen MR) is 159 cm³/mol. The molecule has 4 aromatic heterocycles. The van der Waals surface area contributed by atoms with Crippen LogP contribution in [0.4, 0.5) is 0 Å². The first-order valence-corrected chi connectivity index (χ1v) is 12.7. The monoisotopic (exact) mass is 546 g/mol. The van der Waals surface area contributed by atoms with E-state index in [9.17, 15) is 10.5 Å². The maximum atomic E-state index is 10.4. The van der Waals surface area contributed by atoms with E-state index in [0.717, 1.165) is 0 Å². The van der Waals surface area contributed by atoms with Crippen molar-refractivity contribution in [2.75, 3.05) is 14.2 Å². The van der Waals surface area contributed by atoms with Crippen molar-refractivity contribution in [2.24, 2.45) is 0 Å². The van der Waals surface area contributed by atoms with Crippen molar-refractivity contribution in [3.8, 4) is 23.6 Å². The van der Waals surface area contributed by atoms with Gasteiger partial charge in [-0.1, -0.05) is 0 Å². The molecular formula is C30H20B2N8O2. The summed E-state index contributed by atoms with van der Waals surface area (Å²) in [5, 5.41) is 22.8. The summed E-state index contributed by atoms with van der Waals surface area (Å²) >= 11 is 0. The zero-order valence-electron chi connectivity index (χ0n) is 23.2. The van der Waals surface area contributed by atoms with Gasteiger partial charge in [-0.15, -0.1) is 0 Å². The Morgan fingerprint density at radius 1 is 0.690 bits per heavy atom. The van der Waals surface area contributed by atoms with Crippen LogP contribution < -0.4 is 20.2 Å². The number of aromatic nitrogens is 6. The summed E-state index contributed by atoms with van der Waals surface area (Å²) in [6.45, 7) is 3.60. The van der Waals surface area contributed by atoms with Crippen LogP contribution in [0.15, 0.2) is 48.8 Å². The van der Waals surface area contributed by atoms with Gasteiger partial charge in [0.05, 0.1) is 59.4 Å². The molecule has 6 rings (SSSR count). The van der Waals surface area contributed by atoms with Crippen LogP contribution in [0.2, 0.25) is 0 Å². The lowest BCUT2D eigenvalue weighted by atomic mass is 10.1. The van der Waals surface area contributed by atoms with Crippen molar-refractivity contribution < 1.29 is 9.47 Å². The molecule has 0 saturated carbocycles. The Labute approximate surface area is 242 Å². The largest absolute Gasteiger partial charge is 0.497 e. The number of fused-ring (bicyclic) bond motifs is 3. The molecule has 0 bridgehead atoms. The van der Waals surface area contributed by atoms with Gasteiger partial charge in [0.2, 0.25) is 16.0 Å². The third kappa shape index (κ3) is 3.96. The molecule has 0 atom stereocenters. The van der Waals surface area contributed by atoms with Crippen molar-refractivity contribution in [2.45, 2.75) is 13.8 Å². The molecule has 0 aliphatic heterocycles. The third-order valence-corrected chi connectivity index (χ3v) is 7.36. The van der Waals surface area contributed by atoms with Crippen LogP contribution in [0, 0.1) is 36.5 Å². The molecule has 0 amide bonds. The molecule has 12 heteroatoms. The number of ether oxygens (including phenoxy) is 2. The van der Waals surface area contributed by atoms with E-state index in [1.807, 2.05) is 0 Å². The molecular weight excluding hydrogens is 526 g/mol. The Hall–Kier alpha value is -5.61. The zero-order valence-corrected chi connectivity index (χ0v) is 23.2. The molecule has 0 aliphatic carbocycles. The van der Waals surface area contributed by atoms with Gasteiger partial charge in [-0.05, 0) is 38.1 Å². The van der Waals surface area contributed by atoms with Gasteiger partial charge in [-0.2, -0.15) is 10.5 Å². The van der Waals surface area contributed by atoms with E-state index >= 15 is 0 Å². The fourth-order valence-electron chi connectivity index (χ4n) is 5.19. The molecule has 0 unspecified atom stereocenters. The van der Waals surface area contributed by atoms with Gasteiger partial charge >= 0.3 is 0 Å². The van der Waals surface area contributed by atoms with Crippen LogP contribution in [-0.2, 0) is 0 Å². The van der Waals surface area contributed by atoms with Crippen LogP contribution in [0.5, 0.6) is 11.5 Å². The van der Waals surface area contributed by atoms with Crippen molar-refractivity contribution in [3.63, 3.8) is 0 Å². The molecule has 0 fully saturated rings. The smallest absolute Gasteiger partial charge is 0.234 e. The van der Waals surface area contributed by atoms with Crippen molar-refractivity contribution in [1.29, 1.82) is 10.5 Å². The molecule has 10 nitrogen and oxygen atoms in total. The standard InChI is InChI=1S/C30H20B2N8O2/c1-15-27-28(30(39(15)31)20(12-34)26-14-36-24-10-18(42-4)6-8-22(24)38-26)16(2)40(32)29(27)19(11-33)25-13-35-23-9-17(41-3)5-7-21(23)37-25/h5-10,13-14H,1-4H3/b29-19-,30-20-. The Kier molecular flexibility index (Phi) is 6.39. The number of methoxy groups -OCH3 is 2. The predicted octanol–water partition coefficient (Wildman–Crippen LogP) is 2.27. The lowest BCUT2D eigenvalue weighted by Crippen LogP contribution is -2.24. The molecule has 4 heterocycles. The summed E-state index contributed by atoms with van der Waals surface area (Å²) in [6.07, 6.45) is 3.05. The lowest BCUT2D eigenvalue weighted by Gasteiger charge is -2.07. The highest BCUT2D eigenvalue weighted by atomic mass is 16.5. The van der Waals surface area contributed by atoms with E-state index in [2.05, 4.69) is 32.1 Å². The molecule has 42 heavy (non-hydrogen) atoms. The SMILES string of the molecule is [B]n1c(C)c2/c(=C(\C#N)c3cnc4cc(OC)ccc4n3)n([B])c(C)c2/c1=C(\C#N)c1cnc2cc(OC)ccc2n1. The molecule has 6 aromatic rings. The highest BCUT2D eigenvalue weighted by molar-refractivity contribution is 6.14. The highest BCUT2D eigenvalue weighted by Crippen LogP contribution is 2.24. The maximum Gasteiger partial charge on any atom is 0.234 e. The van der Waals surface area contributed by atoms with E-state index in [-0.39, 0.29) is 11.1 Å². The fraction of sp³-hybridized carbons (Fsp3) is 0.133. The molecule has 198 valence electrons. The van der Waals surface area contributed by atoms with Crippen LogP contribution in [0.3, 0.4) is 0 Å². The summed E-state index contributed by atoms with van der Waals surface area (Å²) in [7, 11) is 16.3. The highest BCUT2D eigenvalue weighted by Gasteiger charge is 2.22. The minimum absolute atomic E-state index is 0.207. The number of aryl methyl sites for hydroxylation is 2. The van der Waals surface area contributed by atoms with Crippen LogP contribution >= 0.6 is 0 Å². The van der Waals surface area contributed by atoms with Crippen LogP contribution in [-0.4, -0.2) is 59.1 Å². The third-order valence-electron chi connectivity index (χ3n) is 7.36. The second-order valence-corrected chi connectivity index (χ2v) is 9.55. The molecule has 0 spiro atoms. The average Bonchev–Trinajstić information content (AvgIpc) is 3.42. The molecule has 4 radical (unpaired) electrons. The van der Waals surface area contributed by atoms with Gasteiger partial charge in [0.15, 0.2) is 0 Å². The van der Waals surface area contributed by atoms with Crippen LogP contribution in [0.25, 0.3) is 44.0 Å². The number of nitrogens with zero attached hydrogens (tertiary/aromatic N) is 8. The number of rotatable bonds is 4. The quantitative estimate of drug-likeness (QED) is 0.309. The normalized spacial score (nSPS) is 12.7. The summed E-state index contributed by atoms with van der Waals surface area (Å²) in [5.74, 6) is 1.30.